The number of hydrogen-bond acceptors (Lipinski definition) is 3. The second kappa shape index (κ2) is 6.85. The first-order valence-electron chi connectivity index (χ1n) is 7.30. The normalized spacial score (nSPS) is 23.2. The van der Waals surface area contributed by atoms with Crippen LogP contribution in [0.2, 0.25) is 0 Å². The van der Waals surface area contributed by atoms with E-state index in [1.165, 1.54) is 12.1 Å². The summed E-state index contributed by atoms with van der Waals surface area (Å²) in [6, 6.07) is 3.65. The topological polar surface area (TPSA) is 66.4 Å². The first-order valence-corrected chi connectivity index (χ1v) is 8.79. The molecule has 4 nitrogen and oxygen atoms in total. The summed E-state index contributed by atoms with van der Waals surface area (Å²) >= 11 is 0. The maximum atomic E-state index is 13.1. The summed E-state index contributed by atoms with van der Waals surface area (Å²) in [6.45, 7) is 2.00. The van der Waals surface area contributed by atoms with Crippen LogP contribution in [0.15, 0.2) is 23.1 Å². The SMILES string of the molecule is Cc1cc(F)ccc1S(=O)(=O)NCC1CCCCC1CO. The Labute approximate surface area is 125 Å². The van der Waals surface area contributed by atoms with Crippen molar-refractivity contribution in [3.63, 3.8) is 0 Å². The van der Waals surface area contributed by atoms with Crippen LogP contribution >= 0.6 is 0 Å². The fourth-order valence-electron chi connectivity index (χ4n) is 3.00. The molecule has 2 rings (SSSR count). The predicted octanol–water partition coefficient (Wildman–Crippen LogP) is 2.21. The number of rotatable bonds is 5. The van der Waals surface area contributed by atoms with Crippen LogP contribution in [-0.2, 0) is 10.0 Å². The van der Waals surface area contributed by atoms with Crippen LogP contribution in [0.3, 0.4) is 0 Å². The van der Waals surface area contributed by atoms with Crippen LogP contribution < -0.4 is 4.72 Å². The van der Waals surface area contributed by atoms with Crippen molar-refractivity contribution >= 4 is 10.0 Å². The van der Waals surface area contributed by atoms with Crippen LogP contribution in [0.25, 0.3) is 0 Å². The highest BCUT2D eigenvalue weighted by molar-refractivity contribution is 7.89. The molecule has 21 heavy (non-hydrogen) atoms. The molecule has 0 aliphatic heterocycles. The molecule has 0 spiro atoms. The second-order valence-electron chi connectivity index (χ2n) is 5.75. The quantitative estimate of drug-likeness (QED) is 0.875. The number of halogens is 1. The largest absolute Gasteiger partial charge is 0.396 e. The molecule has 2 atom stereocenters. The van der Waals surface area contributed by atoms with Gasteiger partial charge in [-0.1, -0.05) is 12.8 Å². The molecule has 0 heterocycles. The third-order valence-electron chi connectivity index (χ3n) is 4.26. The molecule has 2 unspecified atom stereocenters. The standard InChI is InChI=1S/C15H22FNO3S/c1-11-8-14(16)6-7-15(11)21(19,20)17-9-12-4-2-3-5-13(12)10-18/h6-8,12-13,17-18H,2-5,9-10H2,1H3. The van der Waals surface area contributed by atoms with Crippen molar-refractivity contribution in [1.29, 1.82) is 0 Å². The van der Waals surface area contributed by atoms with E-state index in [9.17, 15) is 17.9 Å². The maximum absolute atomic E-state index is 13.1. The molecule has 1 aromatic rings. The van der Waals surface area contributed by atoms with Gasteiger partial charge in [-0.2, -0.15) is 0 Å². The molecule has 118 valence electrons. The Morgan fingerprint density at radius 1 is 1.29 bits per heavy atom. The lowest BCUT2D eigenvalue weighted by molar-refractivity contribution is 0.136. The third kappa shape index (κ3) is 4.02. The summed E-state index contributed by atoms with van der Waals surface area (Å²) in [6.07, 6.45) is 4.03. The minimum absolute atomic E-state index is 0.0992. The van der Waals surface area contributed by atoms with Gasteiger partial charge in [0.05, 0.1) is 4.90 Å². The van der Waals surface area contributed by atoms with E-state index in [1.54, 1.807) is 6.92 Å². The molecule has 2 N–H and O–H groups in total. The Hall–Kier alpha value is -0.980. The van der Waals surface area contributed by atoms with E-state index in [-0.39, 0.29) is 23.3 Å². The van der Waals surface area contributed by atoms with E-state index < -0.39 is 15.8 Å². The first-order chi connectivity index (χ1) is 9.94. The molecular formula is C15H22FNO3S. The summed E-state index contributed by atoms with van der Waals surface area (Å²) in [5.41, 5.74) is 0.393. The fraction of sp³-hybridized carbons (Fsp3) is 0.600. The Morgan fingerprint density at radius 2 is 1.95 bits per heavy atom. The van der Waals surface area contributed by atoms with Crippen molar-refractivity contribution in [2.45, 2.75) is 37.5 Å². The molecule has 1 saturated carbocycles. The maximum Gasteiger partial charge on any atom is 0.240 e. The predicted molar refractivity (Wildman–Crippen MR) is 78.9 cm³/mol. The van der Waals surface area contributed by atoms with Gasteiger partial charge in [0, 0.05) is 13.2 Å². The number of benzene rings is 1. The molecule has 0 aromatic heterocycles. The van der Waals surface area contributed by atoms with E-state index in [1.807, 2.05) is 0 Å². The molecule has 1 aliphatic carbocycles. The number of sulfonamides is 1. The van der Waals surface area contributed by atoms with Gasteiger partial charge in [-0.3, -0.25) is 0 Å². The van der Waals surface area contributed by atoms with Gasteiger partial charge in [0.1, 0.15) is 5.82 Å². The second-order valence-corrected chi connectivity index (χ2v) is 7.48. The van der Waals surface area contributed by atoms with Gasteiger partial charge in [-0.25, -0.2) is 17.5 Å². The summed E-state index contributed by atoms with van der Waals surface area (Å²) in [7, 11) is -3.64. The van der Waals surface area contributed by atoms with Gasteiger partial charge in [0.15, 0.2) is 0 Å². The minimum atomic E-state index is -3.64. The number of hydrogen-bond donors (Lipinski definition) is 2. The molecule has 0 bridgehead atoms. The van der Waals surface area contributed by atoms with Crippen LogP contribution in [0, 0.1) is 24.6 Å². The Kier molecular flexibility index (Phi) is 5.35. The fourth-order valence-corrected chi connectivity index (χ4v) is 4.32. The van der Waals surface area contributed by atoms with Crippen LogP contribution in [-0.4, -0.2) is 26.7 Å². The van der Waals surface area contributed by atoms with Crippen molar-refractivity contribution in [1.82, 2.24) is 4.72 Å². The molecule has 6 heteroatoms. The molecule has 0 amide bonds. The van der Waals surface area contributed by atoms with Crippen LogP contribution in [0.5, 0.6) is 0 Å². The smallest absolute Gasteiger partial charge is 0.240 e. The highest BCUT2D eigenvalue weighted by atomic mass is 32.2. The van der Waals surface area contributed by atoms with Gasteiger partial charge in [0.2, 0.25) is 10.0 Å². The van der Waals surface area contributed by atoms with Gasteiger partial charge in [0.25, 0.3) is 0 Å². The Bertz CT molecular complexity index is 589. The lowest BCUT2D eigenvalue weighted by Crippen LogP contribution is -2.35. The van der Waals surface area contributed by atoms with Crippen LogP contribution in [0.4, 0.5) is 4.39 Å². The number of aliphatic hydroxyl groups excluding tert-OH is 1. The molecule has 0 radical (unpaired) electrons. The highest BCUT2D eigenvalue weighted by Gasteiger charge is 2.26. The van der Waals surface area contributed by atoms with Gasteiger partial charge in [-0.05, 0) is 55.4 Å². The summed E-state index contributed by atoms with van der Waals surface area (Å²) in [5, 5.41) is 9.36. The van der Waals surface area contributed by atoms with E-state index in [2.05, 4.69) is 4.72 Å². The number of aryl methyl sites for hydroxylation is 1. The average Bonchev–Trinajstić information content (AvgIpc) is 2.45. The van der Waals surface area contributed by atoms with Gasteiger partial charge < -0.3 is 5.11 Å². The molecule has 1 aromatic carbocycles. The molecular weight excluding hydrogens is 293 g/mol. The summed E-state index contributed by atoms with van der Waals surface area (Å²) < 4.78 is 40.3. The number of aliphatic hydroxyl groups is 1. The molecule has 1 aliphatic rings. The van der Waals surface area contributed by atoms with E-state index in [0.717, 1.165) is 31.7 Å². The van der Waals surface area contributed by atoms with Gasteiger partial charge >= 0.3 is 0 Å². The lowest BCUT2D eigenvalue weighted by Gasteiger charge is -2.30. The van der Waals surface area contributed by atoms with Crippen molar-refractivity contribution in [2.75, 3.05) is 13.2 Å². The van der Waals surface area contributed by atoms with E-state index in [4.69, 9.17) is 0 Å². The zero-order chi connectivity index (χ0) is 15.5. The van der Waals surface area contributed by atoms with Crippen molar-refractivity contribution in [3.8, 4) is 0 Å². The monoisotopic (exact) mass is 315 g/mol. The Morgan fingerprint density at radius 3 is 2.57 bits per heavy atom. The van der Waals surface area contributed by atoms with Crippen molar-refractivity contribution in [2.24, 2.45) is 11.8 Å². The van der Waals surface area contributed by atoms with Gasteiger partial charge in [-0.15, -0.1) is 0 Å². The first kappa shape index (κ1) is 16.4. The van der Waals surface area contributed by atoms with Crippen molar-refractivity contribution in [3.05, 3.63) is 29.6 Å². The zero-order valence-corrected chi connectivity index (χ0v) is 13.0. The third-order valence-corrected chi connectivity index (χ3v) is 5.85. The lowest BCUT2D eigenvalue weighted by atomic mass is 9.80. The zero-order valence-electron chi connectivity index (χ0n) is 12.2. The number of nitrogens with one attached hydrogen (secondary N) is 1. The molecule has 1 fully saturated rings. The molecule has 0 saturated heterocycles. The van der Waals surface area contributed by atoms with Crippen LogP contribution in [0.1, 0.15) is 31.2 Å². The minimum Gasteiger partial charge on any atom is -0.396 e. The van der Waals surface area contributed by atoms with Crippen molar-refractivity contribution < 1.29 is 17.9 Å². The van der Waals surface area contributed by atoms with E-state index >= 15 is 0 Å². The summed E-state index contributed by atoms with van der Waals surface area (Å²) in [4.78, 5) is 0.111. The average molecular weight is 315 g/mol. The van der Waals surface area contributed by atoms with E-state index in [0.29, 0.717) is 12.1 Å². The highest BCUT2D eigenvalue weighted by Crippen LogP contribution is 2.29. The Balaban J connectivity index is 2.07. The summed E-state index contributed by atoms with van der Waals surface area (Å²) in [5.74, 6) is -0.117.